The quantitative estimate of drug-likeness (QED) is 0.836. The first-order valence-electron chi connectivity index (χ1n) is 6.95. The van der Waals surface area contributed by atoms with Gasteiger partial charge in [0.25, 0.3) is 0 Å². The molecule has 1 aromatic heterocycles. The van der Waals surface area contributed by atoms with E-state index in [0.717, 1.165) is 24.3 Å². The van der Waals surface area contributed by atoms with Crippen molar-refractivity contribution < 1.29 is 9.47 Å². The molecule has 3 rings (SSSR count). The predicted octanol–water partition coefficient (Wildman–Crippen LogP) is 3.23. The molecule has 4 nitrogen and oxygen atoms in total. The zero-order valence-electron chi connectivity index (χ0n) is 11.5. The Morgan fingerprint density at radius 2 is 1.80 bits per heavy atom. The van der Waals surface area contributed by atoms with Gasteiger partial charge in [0, 0.05) is 0 Å². The molecule has 0 atom stereocenters. The molecular formula is C16H18N2O2. The second-order valence-corrected chi connectivity index (χ2v) is 5.29. The van der Waals surface area contributed by atoms with E-state index >= 15 is 0 Å². The van der Waals surface area contributed by atoms with Gasteiger partial charge in [-0.25, -0.2) is 0 Å². The van der Waals surface area contributed by atoms with Crippen LogP contribution >= 0.6 is 0 Å². The van der Waals surface area contributed by atoms with Gasteiger partial charge in [0.1, 0.15) is 12.7 Å². The third-order valence-corrected chi connectivity index (χ3v) is 3.46. The van der Waals surface area contributed by atoms with Crippen LogP contribution in [0.25, 0.3) is 0 Å². The molecule has 1 fully saturated rings. The smallest absolute Gasteiger partial charge is 0.316 e. The van der Waals surface area contributed by atoms with Crippen LogP contribution in [0.2, 0.25) is 0 Å². The average Bonchev–Trinajstić information content (AvgIpc) is 2.46. The Labute approximate surface area is 118 Å². The van der Waals surface area contributed by atoms with E-state index in [1.165, 1.54) is 0 Å². The molecule has 0 aliphatic heterocycles. The molecule has 0 unspecified atom stereocenters. The molecule has 0 N–H and O–H groups in total. The molecule has 20 heavy (non-hydrogen) atoms. The molecule has 1 aromatic carbocycles. The number of benzene rings is 1. The minimum Gasteiger partial charge on any atom is -0.486 e. The highest BCUT2D eigenvalue weighted by atomic mass is 16.5. The highest BCUT2D eigenvalue weighted by Gasteiger charge is 2.27. The molecule has 0 saturated heterocycles. The number of hydrogen-bond acceptors (Lipinski definition) is 4. The predicted molar refractivity (Wildman–Crippen MR) is 75.6 cm³/mol. The van der Waals surface area contributed by atoms with E-state index in [1.54, 1.807) is 12.4 Å². The standard InChI is InChI=1S/C16H18N2O2/c1-12-7-14(8-12)20-16-17-9-15(10-18-16)19-11-13-5-3-2-4-6-13/h2-6,9-10,12,14H,7-8,11H2,1H3. The second kappa shape index (κ2) is 5.90. The number of aromatic nitrogens is 2. The minimum atomic E-state index is 0.279. The van der Waals surface area contributed by atoms with Crippen LogP contribution in [0.1, 0.15) is 25.3 Å². The van der Waals surface area contributed by atoms with Crippen LogP contribution in [0.3, 0.4) is 0 Å². The summed E-state index contributed by atoms with van der Waals surface area (Å²) in [7, 11) is 0. The number of rotatable bonds is 5. The number of hydrogen-bond donors (Lipinski definition) is 0. The summed E-state index contributed by atoms with van der Waals surface area (Å²) in [5, 5.41) is 0. The molecule has 0 spiro atoms. The van der Waals surface area contributed by atoms with Crippen molar-refractivity contribution in [3.8, 4) is 11.8 Å². The van der Waals surface area contributed by atoms with Gasteiger partial charge in [-0.05, 0) is 24.3 Å². The summed E-state index contributed by atoms with van der Waals surface area (Å²) in [6.07, 6.45) is 5.78. The highest BCUT2D eigenvalue weighted by molar-refractivity contribution is 5.17. The first-order chi connectivity index (χ1) is 9.79. The maximum atomic E-state index is 5.66. The van der Waals surface area contributed by atoms with E-state index in [9.17, 15) is 0 Å². The zero-order valence-corrected chi connectivity index (χ0v) is 11.5. The van der Waals surface area contributed by atoms with Crippen LogP contribution in [-0.2, 0) is 6.61 Å². The maximum Gasteiger partial charge on any atom is 0.316 e. The van der Waals surface area contributed by atoms with Crippen molar-refractivity contribution in [1.82, 2.24) is 9.97 Å². The molecule has 0 radical (unpaired) electrons. The molecule has 4 heteroatoms. The maximum absolute atomic E-state index is 5.66. The lowest BCUT2D eigenvalue weighted by Gasteiger charge is -2.31. The van der Waals surface area contributed by atoms with Crippen molar-refractivity contribution in [2.75, 3.05) is 0 Å². The fourth-order valence-electron chi connectivity index (χ4n) is 2.25. The molecule has 1 heterocycles. The third kappa shape index (κ3) is 3.26. The Kier molecular flexibility index (Phi) is 3.81. The van der Waals surface area contributed by atoms with Gasteiger partial charge in [0.05, 0.1) is 12.4 Å². The molecular weight excluding hydrogens is 252 g/mol. The third-order valence-electron chi connectivity index (χ3n) is 3.46. The Balaban J connectivity index is 1.51. The van der Waals surface area contributed by atoms with E-state index < -0.39 is 0 Å². The lowest BCUT2D eigenvalue weighted by molar-refractivity contribution is 0.0646. The molecule has 1 aliphatic carbocycles. The van der Waals surface area contributed by atoms with Crippen LogP contribution in [0.4, 0.5) is 0 Å². The van der Waals surface area contributed by atoms with Gasteiger partial charge in [-0.15, -0.1) is 0 Å². The summed E-state index contributed by atoms with van der Waals surface area (Å²) in [4.78, 5) is 8.36. The van der Waals surface area contributed by atoms with Crippen molar-refractivity contribution in [2.24, 2.45) is 5.92 Å². The van der Waals surface area contributed by atoms with E-state index in [4.69, 9.17) is 9.47 Å². The van der Waals surface area contributed by atoms with Gasteiger partial charge >= 0.3 is 6.01 Å². The van der Waals surface area contributed by atoms with Gasteiger partial charge in [-0.3, -0.25) is 0 Å². The molecule has 2 aromatic rings. The number of ether oxygens (including phenoxy) is 2. The van der Waals surface area contributed by atoms with Gasteiger partial charge < -0.3 is 9.47 Å². The van der Waals surface area contributed by atoms with Crippen LogP contribution in [0.15, 0.2) is 42.7 Å². The summed E-state index contributed by atoms with van der Waals surface area (Å²) < 4.78 is 11.3. The van der Waals surface area contributed by atoms with Crippen LogP contribution in [0.5, 0.6) is 11.8 Å². The van der Waals surface area contributed by atoms with Gasteiger partial charge in [0.15, 0.2) is 5.75 Å². The van der Waals surface area contributed by atoms with Crippen LogP contribution in [0, 0.1) is 5.92 Å². The lowest BCUT2D eigenvalue weighted by Crippen LogP contribution is -2.32. The van der Waals surface area contributed by atoms with Crippen molar-refractivity contribution in [3.05, 3.63) is 48.3 Å². The lowest BCUT2D eigenvalue weighted by atomic mass is 9.84. The first-order valence-corrected chi connectivity index (χ1v) is 6.95. The average molecular weight is 270 g/mol. The van der Waals surface area contributed by atoms with Crippen molar-refractivity contribution >= 4 is 0 Å². The van der Waals surface area contributed by atoms with Crippen molar-refractivity contribution in [3.63, 3.8) is 0 Å². The summed E-state index contributed by atoms with van der Waals surface area (Å²) >= 11 is 0. The fourth-order valence-corrected chi connectivity index (χ4v) is 2.25. The van der Waals surface area contributed by atoms with E-state index in [-0.39, 0.29) is 6.10 Å². The SMILES string of the molecule is CC1CC(Oc2ncc(OCc3ccccc3)cn2)C1. The minimum absolute atomic E-state index is 0.279. The normalized spacial score (nSPS) is 21.1. The summed E-state index contributed by atoms with van der Waals surface area (Å²) in [5.74, 6) is 1.41. The van der Waals surface area contributed by atoms with E-state index in [2.05, 4.69) is 16.9 Å². The van der Waals surface area contributed by atoms with Crippen molar-refractivity contribution in [1.29, 1.82) is 0 Å². The van der Waals surface area contributed by atoms with Crippen LogP contribution in [-0.4, -0.2) is 16.1 Å². The second-order valence-electron chi connectivity index (χ2n) is 5.29. The van der Waals surface area contributed by atoms with E-state index in [1.807, 2.05) is 30.3 Å². The molecule has 0 amide bonds. The highest BCUT2D eigenvalue weighted by Crippen LogP contribution is 2.29. The summed E-state index contributed by atoms with van der Waals surface area (Å²) in [6, 6.07) is 10.5. The number of nitrogens with zero attached hydrogens (tertiary/aromatic N) is 2. The molecule has 1 saturated carbocycles. The Bertz CT molecular complexity index is 536. The Hall–Kier alpha value is -2.10. The summed E-state index contributed by atoms with van der Waals surface area (Å²) in [6.45, 7) is 2.74. The van der Waals surface area contributed by atoms with E-state index in [0.29, 0.717) is 18.4 Å². The fraction of sp³-hybridized carbons (Fsp3) is 0.375. The van der Waals surface area contributed by atoms with Crippen LogP contribution < -0.4 is 9.47 Å². The monoisotopic (exact) mass is 270 g/mol. The van der Waals surface area contributed by atoms with Gasteiger partial charge in [-0.1, -0.05) is 37.3 Å². The first kappa shape index (κ1) is 12.9. The zero-order chi connectivity index (χ0) is 13.8. The Morgan fingerprint density at radius 3 is 2.45 bits per heavy atom. The van der Waals surface area contributed by atoms with Gasteiger partial charge in [-0.2, -0.15) is 9.97 Å². The van der Waals surface area contributed by atoms with Crippen molar-refractivity contribution in [2.45, 2.75) is 32.5 Å². The Morgan fingerprint density at radius 1 is 1.10 bits per heavy atom. The largest absolute Gasteiger partial charge is 0.486 e. The molecule has 1 aliphatic rings. The van der Waals surface area contributed by atoms with Gasteiger partial charge in [0.2, 0.25) is 0 Å². The molecule has 0 bridgehead atoms. The molecule has 104 valence electrons. The summed E-state index contributed by atoms with van der Waals surface area (Å²) in [5.41, 5.74) is 1.12. The topological polar surface area (TPSA) is 44.2 Å².